The number of rotatable bonds is 16. The number of sulfone groups is 1. The molecule has 0 spiro atoms. The summed E-state index contributed by atoms with van der Waals surface area (Å²) < 4.78 is 25.3. The van der Waals surface area contributed by atoms with Gasteiger partial charge in [0.15, 0.2) is 0 Å². The van der Waals surface area contributed by atoms with Gasteiger partial charge in [0.2, 0.25) is 0 Å². The van der Waals surface area contributed by atoms with Gasteiger partial charge in [-0.15, -0.1) is 0 Å². The molecule has 0 saturated heterocycles. The average Bonchev–Trinajstić information content (AvgIpc) is 2.70. The number of nitrogens with zero attached hydrogens (tertiary/aromatic N) is 1. The third-order valence-electron chi connectivity index (χ3n) is 5.47. The third kappa shape index (κ3) is 10.3. The Bertz CT molecular complexity index is 692. The van der Waals surface area contributed by atoms with Crippen LogP contribution < -0.4 is 0 Å². The van der Waals surface area contributed by atoms with Gasteiger partial charge in [-0.3, -0.25) is 4.85 Å². The molecule has 1 aromatic rings. The van der Waals surface area contributed by atoms with E-state index in [9.17, 15) is 13.5 Å². The lowest BCUT2D eigenvalue weighted by molar-refractivity contribution is 0.152. The van der Waals surface area contributed by atoms with Crippen LogP contribution in [-0.2, 0) is 9.84 Å². The van der Waals surface area contributed by atoms with Gasteiger partial charge < -0.3 is 5.11 Å². The monoisotopic (exact) mass is 421 g/mol. The van der Waals surface area contributed by atoms with Crippen molar-refractivity contribution in [2.45, 2.75) is 114 Å². The topological polar surface area (TPSA) is 58.7 Å². The standard InChI is InChI=1S/C24H39NO3S/c1-4-5-6-7-8-9-10-11-12-13-14-15-22(26)20-24(25-3)29(27,28)23-18-16-21(2)17-19-23/h16-19,22,24,26H,4-15,20H2,1-2H3/t22-,24?/m0/s1. The van der Waals surface area contributed by atoms with E-state index in [-0.39, 0.29) is 11.3 Å². The number of aliphatic hydroxyl groups excluding tert-OH is 1. The number of benzene rings is 1. The van der Waals surface area contributed by atoms with E-state index in [1.807, 2.05) is 6.92 Å². The molecule has 0 saturated carbocycles. The third-order valence-corrected chi connectivity index (χ3v) is 7.41. The zero-order valence-corrected chi connectivity index (χ0v) is 19.1. The van der Waals surface area contributed by atoms with Gasteiger partial charge in [-0.1, -0.05) is 95.2 Å². The van der Waals surface area contributed by atoms with Crippen molar-refractivity contribution in [1.29, 1.82) is 0 Å². The first kappa shape index (κ1) is 25.7. The fourth-order valence-corrected chi connectivity index (χ4v) is 4.97. The Labute approximate surface area is 178 Å². The summed E-state index contributed by atoms with van der Waals surface area (Å²) in [6.45, 7) is 11.4. The van der Waals surface area contributed by atoms with Crippen LogP contribution in [0.5, 0.6) is 0 Å². The molecule has 0 fully saturated rings. The zero-order chi connectivity index (χ0) is 21.5. The summed E-state index contributed by atoms with van der Waals surface area (Å²) in [7, 11) is -3.73. The van der Waals surface area contributed by atoms with Crippen LogP contribution in [0.1, 0.15) is 96.0 Å². The average molecular weight is 422 g/mol. The SMILES string of the molecule is [C-]#[N+]C(C[C@@H](O)CCCCCCCCCCCCC)S(=O)(=O)c1ccc(C)cc1. The maximum Gasteiger partial charge on any atom is 0.327 e. The first-order valence-corrected chi connectivity index (χ1v) is 12.8. The van der Waals surface area contributed by atoms with Crippen molar-refractivity contribution in [1.82, 2.24) is 0 Å². The van der Waals surface area contributed by atoms with Crippen LogP contribution in [0.3, 0.4) is 0 Å². The van der Waals surface area contributed by atoms with Crippen molar-refractivity contribution in [3.8, 4) is 0 Å². The van der Waals surface area contributed by atoms with Crippen LogP contribution in [0.4, 0.5) is 0 Å². The molecule has 0 radical (unpaired) electrons. The number of hydrogen-bond donors (Lipinski definition) is 1. The van der Waals surface area contributed by atoms with Crippen LogP contribution in [0.2, 0.25) is 0 Å². The highest BCUT2D eigenvalue weighted by atomic mass is 32.2. The molecule has 0 aliphatic rings. The van der Waals surface area contributed by atoms with Crippen molar-refractivity contribution in [2.75, 3.05) is 0 Å². The summed E-state index contributed by atoms with van der Waals surface area (Å²) in [5.74, 6) is 0. The molecule has 0 aromatic heterocycles. The lowest BCUT2D eigenvalue weighted by Crippen LogP contribution is -2.24. The van der Waals surface area contributed by atoms with Gasteiger partial charge in [0, 0.05) is 0 Å². The summed E-state index contributed by atoms with van der Waals surface area (Å²) in [5.41, 5.74) is 0.972. The van der Waals surface area contributed by atoms with Crippen molar-refractivity contribution in [2.24, 2.45) is 0 Å². The molecule has 0 heterocycles. The van der Waals surface area contributed by atoms with E-state index in [2.05, 4.69) is 11.8 Å². The minimum Gasteiger partial charge on any atom is -0.393 e. The van der Waals surface area contributed by atoms with Crippen LogP contribution in [0, 0.1) is 13.5 Å². The second kappa shape index (κ2) is 14.6. The Balaban J connectivity index is 2.23. The van der Waals surface area contributed by atoms with E-state index < -0.39 is 21.3 Å². The van der Waals surface area contributed by atoms with Crippen molar-refractivity contribution >= 4 is 9.84 Å². The molecule has 0 bridgehead atoms. The van der Waals surface area contributed by atoms with E-state index in [1.54, 1.807) is 24.3 Å². The van der Waals surface area contributed by atoms with Gasteiger partial charge in [0.25, 0.3) is 9.84 Å². The van der Waals surface area contributed by atoms with Gasteiger partial charge in [-0.25, -0.2) is 15.0 Å². The number of unbranched alkanes of at least 4 members (excludes halogenated alkanes) is 10. The molecule has 0 aliphatic heterocycles. The number of aliphatic hydroxyl groups is 1. The van der Waals surface area contributed by atoms with Crippen LogP contribution >= 0.6 is 0 Å². The van der Waals surface area contributed by atoms with Gasteiger partial charge in [0.1, 0.15) is 0 Å². The van der Waals surface area contributed by atoms with Gasteiger partial charge in [0.05, 0.1) is 17.4 Å². The van der Waals surface area contributed by atoms with E-state index in [0.717, 1.165) is 24.8 Å². The quantitative estimate of drug-likeness (QED) is 0.246. The lowest BCUT2D eigenvalue weighted by Gasteiger charge is -2.13. The molecule has 2 atom stereocenters. The van der Waals surface area contributed by atoms with Crippen LogP contribution in [-0.4, -0.2) is 25.0 Å². The molecule has 1 N–H and O–H groups in total. The molecule has 29 heavy (non-hydrogen) atoms. The van der Waals surface area contributed by atoms with Crippen molar-refractivity contribution < 1.29 is 13.5 Å². The molecule has 164 valence electrons. The van der Waals surface area contributed by atoms with Crippen molar-refractivity contribution in [3.05, 3.63) is 41.2 Å². The van der Waals surface area contributed by atoms with E-state index in [4.69, 9.17) is 6.57 Å². The van der Waals surface area contributed by atoms with E-state index in [0.29, 0.717) is 6.42 Å². The predicted molar refractivity (Wildman–Crippen MR) is 120 cm³/mol. The van der Waals surface area contributed by atoms with Gasteiger partial charge in [-0.05, 0) is 25.5 Å². The molecule has 0 amide bonds. The molecule has 5 heteroatoms. The van der Waals surface area contributed by atoms with Gasteiger partial charge in [-0.2, -0.15) is 0 Å². The molecule has 1 aromatic carbocycles. The highest BCUT2D eigenvalue weighted by Crippen LogP contribution is 2.23. The first-order chi connectivity index (χ1) is 13.9. The molecule has 1 unspecified atom stereocenters. The normalized spacial score (nSPS) is 13.7. The summed E-state index contributed by atoms with van der Waals surface area (Å²) in [6, 6.07) is 6.54. The molecular weight excluding hydrogens is 382 g/mol. The minimum absolute atomic E-state index is 0.0164. The summed E-state index contributed by atoms with van der Waals surface area (Å²) >= 11 is 0. The lowest BCUT2D eigenvalue weighted by atomic mass is 10.0. The van der Waals surface area contributed by atoms with Crippen molar-refractivity contribution in [3.63, 3.8) is 0 Å². The van der Waals surface area contributed by atoms with Crippen LogP contribution in [0.25, 0.3) is 4.85 Å². The Morgan fingerprint density at radius 3 is 1.86 bits per heavy atom. The Morgan fingerprint density at radius 1 is 0.897 bits per heavy atom. The second-order valence-corrected chi connectivity index (χ2v) is 10.3. The molecule has 4 nitrogen and oxygen atoms in total. The highest BCUT2D eigenvalue weighted by Gasteiger charge is 2.34. The second-order valence-electron chi connectivity index (χ2n) is 8.16. The highest BCUT2D eigenvalue weighted by molar-refractivity contribution is 7.92. The minimum atomic E-state index is -3.73. The van der Waals surface area contributed by atoms with Crippen LogP contribution in [0.15, 0.2) is 29.2 Å². The number of hydrogen-bond acceptors (Lipinski definition) is 3. The van der Waals surface area contributed by atoms with E-state index in [1.165, 1.54) is 51.4 Å². The fourth-order valence-electron chi connectivity index (χ4n) is 3.53. The maximum absolute atomic E-state index is 12.6. The maximum atomic E-state index is 12.6. The summed E-state index contributed by atoms with van der Waals surface area (Å²) in [4.78, 5) is 3.46. The Hall–Kier alpha value is -1.38. The Kier molecular flexibility index (Phi) is 12.9. The summed E-state index contributed by atoms with van der Waals surface area (Å²) in [5, 5.41) is 9.03. The zero-order valence-electron chi connectivity index (χ0n) is 18.3. The van der Waals surface area contributed by atoms with E-state index >= 15 is 0 Å². The largest absolute Gasteiger partial charge is 0.393 e. The van der Waals surface area contributed by atoms with Gasteiger partial charge >= 0.3 is 5.37 Å². The summed E-state index contributed by atoms with van der Waals surface area (Å²) in [6.07, 6.45) is 13.4. The molecule has 0 aliphatic carbocycles. The fraction of sp³-hybridized carbons (Fsp3) is 0.708. The predicted octanol–water partition coefficient (Wildman–Crippen LogP) is 6.47. The number of aryl methyl sites for hydroxylation is 1. The molecule has 1 rings (SSSR count). The first-order valence-electron chi connectivity index (χ1n) is 11.3. The smallest absolute Gasteiger partial charge is 0.327 e. The molecular formula is C24H39NO3S. The Morgan fingerprint density at radius 2 is 1.38 bits per heavy atom.